The van der Waals surface area contributed by atoms with Crippen molar-refractivity contribution in [2.75, 3.05) is 39.4 Å². The van der Waals surface area contributed by atoms with Crippen LogP contribution in [0.5, 0.6) is 11.5 Å². The summed E-state index contributed by atoms with van der Waals surface area (Å²) in [5.74, 6) is -4.14. The second-order valence-electron chi connectivity index (χ2n) is 13.0. The van der Waals surface area contributed by atoms with Crippen LogP contribution in [0.15, 0.2) is 60.9 Å². The Morgan fingerprint density at radius 1 is 0.655 bits per heavy atom. The molecule has 4 heterocycles. The second kappa shape index (κ2) is 18.3. The lowest BCUT2D eigenvalue weighted by molar-refractivity contribution is -0.148. The lowest BCUT2D eigenvalue weighted by Gasteiger charge is -2.19. The van der Waals surface area contributed by atoms with Crippen LogP contribution in [-0.4, -0.2) is 113 Å². The number of nitrogens with one attached hydrogen (secondary N) is 2. The number of fused-ring (bicyclic) bond motifs is 2. The zero-order valence-corrected chi connectivity index (χ0v) is 30.7. The Kier molecular flexibility index (Phi) is 12.6. The summed E-state index contributed by atoms with van der Waals surface area (Å²) in [7, 11) is 0. The number of hydrogen-bond acceptors (Lipinski definition) is 15. The molecule has 2 aromatic heterocycles. The van der Waals surface area contributed by atoms with E-state index >= 15 is 0 Å². The van der Waals surface area contributed by atoms with E-state index in [1.54, 1.807) is 0 Å². The lowest BCUT2D eigenvalue weighted by Crippen LogP contribution is -2.42. The van der Waals surface area contributed by atoms with Gasteiger partial charge in [0.05, 0.1) is 47.4 Å². The molecule has 4 amide bonds. The molecule has 2 aliphatic rings. The fourth-order valence-electron chi connectivity index (χ4n) is 6.48. The number of ether oxygens (including phenoxy) is 4. The number of benzene rings is 2. The van der Waals surface area contributed by atoms with Gasteiger partial charge in [-0.2, -0.15) is 10.5 Å². The highest BCUT2D eigenvalue weighted by molar-refractivity contribution is 6.08. The van der Waals surface area contributed by atoms with Crippen molar-refractivity contribution in [1.82, 2.24) is 30.4 Å². The molecular weight excluding hydrogens is 756 g/mol. The van der Waals surface area contributed by atoms with Crippen molar-refractivity contribution in [2.45, 2.75) is 37.8 Å². The minimum Gasteiger partial charge on any atom is -0.482 e. The van der Waals surface area contributed by atoms with Crippen LogP contribution in [0.2, 0.25) is 0 Å². The van der Waals surface area contributed by atoms with Gasteiger partial charge in [-0.1, -0.05) is 0 Å². The van der Waals surface area contributed by atoms with Gasteiger partial charge in [0, 0.05) is 36.3 Å². The number of carbonyl (C=O) groups excluding carboxylic acids is 7. The maximum absolute atomic E-state index is 13.0. The summed E-state index contributed by atoms with van der Waals surface area (Å²) < 4.78 is 19.9. The van der Waals surface area contributed by atoms with Crippen molar-refractivity contribution >= 4 is 63.5 Å². The van der Waals surface area contributed by atoms with E-state index in [1.165, 1.54) is 70.7 Å². The Bertz CT molecular complexity index is 2230. The van der Waals surface area contributed by atoms with Crippen LogP contribution in [0.4, 0.5) is 4.79 Å². The molecular formula is C39H34N8O11. The van der Waals surface area contributed by atoms with E-state index in [-0.39, 0.29) is 47.5 Å². The third kappa shape index (κ3) is 9.58. The predicted octanol–water partition coefficient (Wildman–Crippen LogP) is 1.94. The molecule has 296 valence electrons. The zero-order valence-electron chi connectivity index (χ0n) is 30.7. The monoisotopic (exact) mass is 790 g/mol. The van der Waals surface area contributed by atoms with Gasteiger partial charge in [0.25, 0.3) is 11.8 Å². The summed E-state index contributed by atoms with van der Waals surface area (Å²) in [6.45, 7) is -1.33. The van der Waals surface area contributed by atoms with Crippen LogP contribution < -0.4 is 20.1 Å². The normalized spacial score (nSPS) is 15.8. The summed E-state index contributed by atoms with van der Waals surface area (Å²) in [4.78, 5) is 99.3. The van der Waals surface area contributed by atoms with E-state index in [2.05, 4.69) is 42.2 Å². The largest absolute Gasteiger partial charge is 0.524 e. The average Bonchev–Trinajstić information content (AvgIpc) is 3.93. The van der Waals surface area contributed by atoms with E-state index in [1.807, 2.05) is 0 Å². The molecule has 6 rings (SSSR count). The third-order valence-electron chi connectivity index (χ3n) is 9.27. The Morgan fingerprint density at radius 2 is 1.09 bits per heavy atom. The molecule has 0 spiro atoms. The van der Waals surface area contributed by atoms with Crippen molar-refractivity contribution < 1.29 is 52.5 Å². The number of pyridine rings is 2. The van der Waals surface area contributed by atoms with Gasteiger partial charge in [0.2, 0.25) is 11.8 Å². The Labute approximate surface area is 329 Å². The van der Waals surface area contributed by atoms with Crippen LogP contribution in [0.1, 0.15) is 46.4 Å². The maximum atomic E-state index is 13.0. The number of hydrogen-bond donors (Lipinski definition) is 2. The van der Waals surface area contributed by atoms with Gasteiger partial charge in [-0.3, -0.25) is 29.1 Å². The molecule has 0 saturated carbocycles. The van der Waals surface area contributed by atoms with Crippen LogP contribution in [0.3, 0.4) is 0 Å². The zero-order chi connectivity index (χ0) is 41.2. The first kappa shape index (κ1) is 40.0. The predicted molar refractivity (Wildman–Crippen MR) is 197 cm³/mol. The van der Waals surface area contributed by atoms with Gasteiger partial charge >= 0.3 is 18.1 Å². The van der Waals surface area contributed by atoms with Crippen molar-refractivity contribution in [2.24, 2.45) is 0 Å². The Morgan fingerprint density at radius 3 is 1.50 bits per heavy atom. The molecule has 2 atom stereocenters. The van der Waals surface area contributed by atoms with E-state index in [4.69, 9.17) is 9.47 Å². The molecule has 2 aromatic carbocycles. The highest BCUT2D eigenvalue weighted by Crippen LogP contribution is 2.25. The summed E-state index contributed by atoms with van der Waals surface area (Å²) in [5, 5.41) is 24.3. The van der Waals surface area contributed by atoms with Gasteiger partial charge < -0.3 is 39.4 Å². The SMILES string of the molecule is N#C[C@@H]1CCCN1C(=O)CNC(=O)c1ccnc2ccc(OCC(=O)OC(=O)OC(=O)COc3ccc4nccc(C(=O)NCC(=O)N5CCC[C@H]5C#N)c4c3)cc12. The Hall–Kier alpha value is -7.67. The first-order chi connectivity index (χ1) is 28.0. The summed E-state index contributed by atoms with van der Waals surface area (Å²) in [6.07, 6.45) is 3.74. The topological polar surface area (TPSA) is 260 Å². The maximum Gasteiger partial charge on any atom is 0.524 e. The summed E-state index contributed by atoms with van der Waals surface area (Å²) in [5.41, 5.74) is 1.14. The highest BCUT2D eigenvalue weighted by atomic mass is 16.8. The van der Waals surface area contributed by atoms with Crippen LogP contribution >= 0.6 is 0 Å². The van der Waals surface area contributed by atoms with Gasteiger partial charge in [0.15, 0.2) is 13.2 Å². The number of aromatic nitrogens is 2. The lowest BCUT2D eigenvalue weighted by atomic mass is 10.1. The first-order valence-corrected chi connectivity index (χ1v) is 18.0. The van der Waals surface area contributed by atoms with Crippen LogP contribution in [-0.2, 0) is 28.7 Å². The number of nitriles is 2. The minimum atomic E-state index is -1.64. The quantitative estimate of drug-likeness (QED) is 0.153. The molecule has 58 heavy (non-hydrogen) atoms. The van der Waals surface area contributed by atoms with Crippen LogP contribution in [0, 0.1) is 22.7 Å². The Balaban J connectivity index is 0.966. The van der Waals surface area contributed by atoms with E-state index in [0.717, 1.165) is 0 Å². The summed E-state index contributed by atoms with van der Waals surface area (Å²) >= 11 is 0. The number of likely N-dealkylation sites (tertiary alicyclic amines) is 2. The molecule has 2 N–H and O–H groups in total. The van der Waals surface area contributed by atoms with Crippen molar-refractivity contribution in [3.63, 3.8) is 0 Å². The molecule has 0 bridgehead atoms. The van der Waals surface area contributed by atoms with Crippen molar-refractivity contribution in [1.29, 1.82) is 10.5 Å². The van der Waals surface area contributed by atoms with Gasteiger partial charge in [-0.15, -0.1) is 0 Å². The molecule has 4 aromatic rings. The van der Waals surface area contributed by atoms with Crippen molar-refractivity contribution in [3.8, 4) is 23.6 Å². The van der Waals surface area contributed by atoms with Gasteiger partial charge in [-0.05, 0) is 74.2 Å². The molecule has 2 fully saturated rings. The smallest absolute Gasteiger partial charge is 0.482 e. The number of rotatable bonds is 12. The number of carbonyl (C=O) groups is 7. The number of amides is 4. The number of nitrogens with zero attached hydrogens (tertiary/aromatic N) is 6. The minimum absolute atomic E-state index is 0.102. The van der Waals surface area contributed by atoms with E-state index in [0.29, 0.717) is 60.6 Å². The standard InChI is InChI=1S/C39H34N8O11/c40-17-23-3-1-13-46(23)33(48)19-44-37(52)27-9-11-42-31-7-5-25(15-29(27)31)55-21-35(50)57-39(54)58-36(51)22-56-26-6-8-32-30(16-26)28(10-12-43-32)38(53)45-20-34(49)47-14-2-4-24(47)18-41/h5-12,15-16,23-24H,1-4,13-14,19-22H2,(H,44,52)(H,45,53)/t23-,24-/m0/s1. The van der Waals surface area contributed by atoms with Crippen LogP contribution in [0.25, 0.3) is 21.8 Å². The summed E-state index contributed by atoms with van der Waals surface area (Å²) in [6, 6.07) is 14.8. The molecule has 19 nitrogen and oxygen atoms in total. The van der Waals surface area contributed by atoms with E-state index in [9.17, 15) is 44.1 Å². The van der Waals surface area contributed by atoms with Gasteiger partial charge in [-0.25, -0.2) is 14.4 Å². The van der Waals surface area contributed by atoms with Gasteiger partial charge in [0.1, 0.15) is 23.6 Å². The first-order valence-electron chi connectivity index (χ1n) is 18.0. The molecule has 0 radical (unpaired) electrons. The molecule has 0 unspecified atom stereocenters. The molecule has 2 aliphatic heterocycles. The fourth-order valence-corrected chi connectivity index (χ4v) is 6.48. The third-order valence-corrected chi connectivity index (χ3v) is 9.27. The number of esters is 2. The average molecular weight is 791 g/mol. The van der Waals surface area contributed by atoms with Crippen molar-refractivity contribution in [3.05, 3.63) is 72.1 Å². The molecule has 0 aliphatic carbocycles. The second-order valence-corrected chi connectivity index (χ2v) is 13.0. The molecule has 19 heteroatoms. The fraction of sp³-hybridized carbons (Fsp3) is 0.308. The van der Waals surface area contributed by atoms with E-state index < -0.39 is 55.2 Å². The molecule has 2 saturated heterocycles. The highest BCUT2D eigenvalue weighted by Gasteiger charge is 2.30.